The van der Waals surface area contributed by atoms with Crippen LogP contribution in [0.1, 0.15) is 55.7 Å². The van der Waals surface area contributed by atoms with E-state index < -0.39 is 30.0 Å². The number of hydrogen-bond donors (Lipinski definition) is 3. The first-order valence-electron chi connectivity index (χ1n) is 12.4. The molecular formula is C27H29ClN4O6. The van der Waals surface area contributed by atoms with Crippen LogP contribution < -0.4 is 10.6 Å². The Morgan fingerprint density at radius 1 is 1.05 bits per heavy atom. The van der Waals surface area contributed by atoms with E-state index in [-0.39, 0.29) is 11.7 Å². The number of pyridine rings is 1. The molecule has 0 aliphatic heterocycles. The van der Waals surface area contributed by atoms with Crippen molar-refractivity contribution in [1.82, 2.24) is 10.1 Å². The second-order valence-corrected chi connectivity index (χ2v) is 9.73. The third-order valence-electron chi connectivity index (χ3n) is 6.71. The number of nitrogens with zero attached hydrogens (tertiary/aromatic N) is 2. The van der Waals surface area contributed by atoms with E-state index in [0.29, 0.717) is 51.9 Å². The van der Waals surface area contributed by atoms with Crippen LogP contribution in [-0.4, -0.2) is 33.2 Å². The molecule has 1 aromatic carbocycles. The fourth-order valence-electron chi connectivity index (χ4n) is 4.64. The van der Waals surface area contributed by atoms with Gasteiger partial charge in [0.25, 0.3) is 0 Å². The molecule has 3 N–H and O–H groups in total. The Kier molecular flexibility index (Phi) is 8.31. The Morgan fingerprint density at radius 3 is 2.45 bits per heavy atom. The molecule has 2 aromatic heterocycles. The SMILES string of the molecule is Cc1nc(-c2onc(C)c2NC(=O)O[C@H](C)c2ccccc2Cl)ccc1NC(=O)[C@H]1CCCC[C@@H]1C(=O)O. The van der Waals surface area contributed by atoms with Crippen molar-refractivity contribution in [3.8, 4) is 11.5 Å². The molecule has 38 heavy (non-hydrogen) atoms. The molecule has 3 atom stereocenters. The number of anilines is 2. The summed E-state index contributed by atoms with van der Waals surface area (Å²) in [6, 6.07) is 10.4. The third kappa shape index (κ3) is 5.96. The van der Waals surface area contributed by atoms with Gasteiger partial charge in [0.15, 0.2) is 0 Å². The lowest BCUT2D eigenvalue weighted by Gasteiger charge is -2.27. The summed E-state index contributed by atoms with van der Waals surface area (Å²) in [6.45, 7) is 5.10. The van der Waals surface area contributed by atoms with Crippen LogP contribution in [0, 0.1) is 25.7 Å². The van der Waals surface area contributed by atoms with E-state index in [2.05, 4.69) is 20.8 Å². The number of halogens is 1. The lowest BCUT2D eigenvalue weighted by molar-refractivity contribution is -0.147. The number of aliphatic carboxylic acids is 1. The van der Waals surface area contributed by atoms with Crippen LogP contribution in [0.3, 0.4) is 0 Å². The van der Waals surface area contributed by atoms with Crippen molar-refractivity contribution in [2.45, 2.75) is 52.6 Å². The van der Waals surface area contributed by atoms with Gasteiger partial charge in [-0.2, -0.15) is 0 Å². The maximum absolute atomic E-state index is 12.9. The van der Waals surface area contributed by atoms with E-state index in [1.807, 2.05) is 0 Å². The lowest BCUT2D eigenvalue weighted by Crippen LogP contribution is -2.36. The molecule has 0 saturated heterocycles. The van der Waals surface area contributed by atoms with Gasteiger partial charge in [0.1, 0.15) is 23.2 Å². The highest BCUT2D eigenvalue weighted by Gasteiger charge is 2.36. The van der Waals surface area contributed by atoms with E-state index in [1.54, 1.807) is 57.2 Å². The van der Waals surface area contributed by atoms with Crippen molar-refractivity contribution in [3.05, 3.63) is 58.4 Å². The van der Waals surface area contributed by atoms with Crippen molar-refractivity contribution < 1.29 is 28.8 Å². The molecule has 1 aliphatic carbocycles. The maximum atomic E-state index is 12.9. The first kappa shape index (κ1) is 27.1. The van der Waals surface area contributed by atoms with Gasteiger partial charge in [-0.3, -0.25) is 14.9 Å². The van der Waals surface area contributed by atoms with Crippen molar-refractivity contribution in [2.24, 2.45) is 11.8 Å². The summed E-state index contributed by atoms with van der Waals surface area (Å²) in [5, 5.41) is 19.4. The van der Waals surface area contributed by atoms with Crippen LogP contribution >= 0.6 is 11.6 Å². The summed E-state index contributed by atoms with van der Waals surface area (Å²) in [6.07, 6.45) is 1.33. The molecule has 2 amide bonds. The predicted octanol–water partition coefficient (Wildman–Crippen LogP) is 6.15. The molecule has 0 radical (unpaired) electrons. The fourth-order valence-corrected chi connectivity index (χ4v) is 4.93. The van der Waals surface area contributed by atoms with E-state index in [4.69, 9.17) is 20.9 Å². The lowest BCUT2D eigenvalue weighted by atomic mass is 9.78. The summed E-state index contributed by atoms with van der Waals surface area (Å²) in [7, 11) is 0. The predicted molar refractivity (Wildman–Crippen MR) is 141 cm³/mol. The van der Waals surface area contributed by atoms with Crippen molar-refractivity contribution in [1.29, 1.82) is 0 Å². The molecule has 0 bridgehead atoms. The van der Waals surface area contributed by atoms with Gasteiger partial charge >= 0.3 is 12.1 Å². The van der Waals surface area contributed by atoms with Gasteiger partial charge in [-0.15, -0.1) is 0 Å². The molecule has 200 valence electrons. The fraction of sp³-hybridized carbons (Fsp3) is 0.370. The van der Waals surface area contributed by atoms with Crippen LogP contribution in [0.15, 0.2) is 40.9 Å². The van der Waals surface area contributed by atoms with Crippen LogP contribution in [0.4, 0.5) is 16.2 Å². The number of carbonyl (C=O) groups excluding carboxylic acids is 2. The summed E-state index contributed by atoms with van der Waals surface area (Å²) in [5.74, 6) is -2.34. The molecule has 1 saturated carbocycles. The maximum Gasteiger partial charge on any atom is 0.412 e. The van der Waals surface area contributed by atoms with Gasteiger partial charge in [0.2, 0.25) is 11.7 Å². The van der Waals surface area contributed by atoms with Crippen molar-refractivity contribution in [3.63, 3.8) is 0 Å². The molecule has 0 spiro atoms. The first-order valence-corrected chi connectivity index (χ1v) is 12.7. The van der Waals surface area contributed by atoms with Crippen LogP contribution in [0.25, 0.3) is 11.5 Å². The van der Waals surface area contributed by atoms with E-state index in [0.717, 1.165) is 12.8 Å². The number of nitrogens with one attached hydrogen (secondary N) is 2. The number of benzene rings is 1. The third-order valence-corrected chi connectivity index (χ3v) is 7.06. The molecule has 10 nitrogen and oxygen atoms in total. The number of rotatable bonds is 7. The second kappa shape index (κ2) is 11.6. The van der Waals surface area contributed by atoms with E-state index >= 15 is 0 Å². The Morgan fingerprint density at radius 2 is 1.76 bits per heavy atom. The monoisotopic (exact) mass is 540 g/mol. The van der Waals surface area contributed by atoms with E-state index in [1.165, 1.54) is 0 Å². The minimum atomic E-state index is -0.949. The van der Waals surface area contributed by atoms with Crippen LogP contribution in [0.2, 0.25) is 5.02 Å². The molecule has 2 heterocycles. The van der Waals surface area contributed by atoms with Gasteiger partial charge < -0.3 is 19.7 Å². The number of ether oxygens (including phenoxy) is 1. The normalized spacial score (nSPS) is 17.9. The number of carboxylic acids is 1. The highest BCUT2D eigenvalue weighted by molar-refractivity contribution is 6.31. The van der Waals surface area contributed by atoms with Gasteiger partial charge in [0.05, 0.1) is 23.2 Å². The molecule has 11 heteroatoms. The minimum absolute atomic E-state index is 0.226. The highest BCUT2D eigenvalue weighted by atomic mass is 35.5. The summed E-state index contributed by atoms with van der Waals surface area (Å²) in [5.41, 5.74) is 2.74. The molecule has 1 aliphatic rings. The quantitative estimate of drug-likeness (QED) is 0.324. The minimum Gasteiger partial charge on any atom is -0.481 e. The average Bonchev–Trinajstić information content (AvgIpc) is 3.24. The first-order chi connectivity index (χ1) is 18.2. The standard InChI is InChI=1S/C27H29ClN4O6/c1-14-21(30-25(33)18-9-4-5-10-19(18)26(34)35)12-13-22(29-14)24-23(15(2)32-38-24)31-27(36)37-16(3)17-8-6-7-11-20(17)28/h6-8,11-13,16,18-19H,4-5,9-10H2,1-3H3,(H,30,33)(H,31,36)(H,34,35)/t16-,18+,19+/m1/s1. The van der Waals surface area contributed by atoms with Gasteiger partial charge in [0, 0.05) is 10.6 Å². The number of amides is 2. The van der Waals surface area contributed by atoms with Crippen molar-refractivity contribution in [2.75, 3.05) is 10.6 Å². The number of carboxylic acid groups (broad SMARTS) is 1. The smallest absolute Gasteiger partial charge is 0.412 e. The molecule has 0 unspecified atom stereocenters. The average molecular weight is 541 g/mol. The number of carbonyl (C=O) groups is 3. The second-order valence-electron chi connectivity index (χ2n) is 9.32. The number of aryl methyl sites for hydroxylation is 2. The molecule has 3 aromatic rings. The van der Waals surface area contributed by atoms with Crippen molar-refractivity contribution >= 4 is 40.9 Å². The summed E-state index contributed by atoms with van der Waals surface area (Å²) in [4.78, 5) is 41.6. The zero-order chi connectivity index (χ0) is 27.4. The number of aromatic nitrogens is 2. The van der Waals surface area contributed by atoms with Gasteiger partial charge in [-0.05, 0) is 51.8 Å². The Bertz CT molecular complexity index is 1360. The van der Waals surface area contributed by atoms with Crippen LogP contribution in [-0.2, 0) is 14.3 Å². The zero-order valence-electron chi connectivity index (χ0n) is 21.3. The van der Waals surface area contributed by atoms with E-state index in [9.17, 15) is 19.5 Å². The number of hydrogen-bond acceptors (Lipinski definition) is 7. The molecule has 4 rings (SSSR count). The van der Waals surface area contributed by atoms with Gasteiger partial charge in [-0.25, -0.2) is 9.78 Å². The largest absolute Gasteiger partial charge is 0.481 e. The zero-order valence-corrected chi connectivity index (χ0v) is 22.0. The highest BCUT2D eigenvalue weighted by Crippen LogP contribution is 2.34. The van der Waals surface area contributed by atoms with Gasteiger partial charge in [-0.1, -0.05) is 47.8 Å². The Balaban J connectivity index is 1.47. The topological polar surface area (TPSA) is 144 Å². The molecule has 1 fully saturated rings. The Hall–Kier alpha value is -3.92. The molecular weight excluding hydrogens is 512 g/mol. The van der Waals surface area contributed by atoms with Crippen LogP contribution in [0.5, 0.6) is 0 Å². The summed E-state index contributed by atoms with van der Waals surface area (Å²) >= 11 is 6.20. The summed E-state index contributed by atoms with van der Waals surface area (Å²) < 4.78 is 10.9. The Labute approximate surface area is 224 Å².